The molecule has 0 atom stereocenters. The van der Waals surface area contributed by atoms with Crippen molar-refractivity contribution in [2.75, 3.05) is 17.3 Å². The average molecular weight is 287 g/mol. The van der Waals surface area contributed by atoms with Crippen LogP contribution in [-0.4, -0.2) is 28.0 Å². The molecule has 0 spiro atoms. The van der Waals surface area contributed by atoms with Gasteiger partial charge >= 0.3 is 0 Å². The Morgan fingerprint density at radius 1 is 1.47 bits per heavy atom. The minimum Gasteiger partial charge on any atom is -0.368 e. The number of nitrogen functional groups attached to an aromatic ring is 1. The molecule has 0 saturated carbocycles. The minimum atomic E-state index is -0.236. The lowest BCUT2D eigenvalue weighted by Gasteiger charge is -2.20. The number of aromatic nitrogens is 2. The normalized spacial score (nSPS) is 11.0. The number of carbonyl (C=O) groups excluding carboxylic acids is 1. The van der Waals surface area contributed by atoms with Crippen LogP contribution in [0, 0.1) is 0 Å². The summed E-state index contributed by atoms with van der Waals surface area (Å²) in [6.07, 6.45) is 1.75. The number of rotatable bonds is 5. The summed E-state index contributed by atoms with van der Waals surface area (Å²) < 4.78 is 0. The SMILES string of the molecule is CC(C)(C)NC(=O)CCNc1nc(NN)ncc1Cl. The fraction of sp³-hybridized carbons (Fsp3) is 0.545. The van der Waals surface area contributed by atoms with Gasteiger partial charge in [-0.3, -0.25) is 10.2 Å². The van der Waals surface area contributed by atoms with Crippen LogP contribution < -0.4 is 21.9 Å². The first-order chi connectivity index (χ1) is 8.81. The van der Waals surface area contributed by atoms with E-state index in [2.05, 4.69) is 26.0 Å². The molecule has 0 unspecified atom stereocenters. The highest BCUT2D eigenvalue weighted by atomic mass is 35.5. The van der Waals surface area contributed by atoms with Gasteiger partial charge < -0.3 is 10.6 Å². The molecule has 0 radical (unpaired) electrons. The Labute approximate surface area is 117 Å². The van der Waals surface area contributed by atoms with E-state index in [1.807, 2.05) is 20.8 Å². The standard InChI is InChI=1S/C11H19ClN6O/c1-11(2,3)17-8(19)4-5-14-9-7(12)6-15-10(16-9)18-13/h6H,4-5,13H2,1-3H3,(H,17,19)(H2,14,15,16,18). The van der Waals surface area contributed by atoms with Crippen LogP contribution in [-0.2, 0) is 4.79 Å². The van der Waals surface area contributed by atoms with Crippen LogP contribution in [0.25, 0.3) is 0 Å². The predicted molar refractivity (Wildman–Crippen MR) is 75.9 cm³/mol. The predicted octanol–water partition coefficient (Wildman–Crippen LogP) is 1.13. The molecule has 19 heavy (non-hydrogen) atoms. The molecule has 0 bridgehead atoms. The van der Waals surface area contributed by atoms with Crippen LogP contribution in [0.4, 0.5) is 11.8 Å². The molecule has 0 fully saturated rings. The van der Waals surface area contributed by atoms with Gasteiger partial charge in [0.2, 0.25) is 11.9 Å². The third-order valence-electron chi connectivity index (χ3n) is 2.03. The van der Waals surface area contributed by atoms with Gasteiger partial charge in [0, 0.05) is 18.5 Å². The molecule has 0 aliphatic carbocycles. The molecule has 1 aromatic heterocycles. The molecule has 1 aromatic rings. The largest absolute Gasteiger partial charge is 0.368 e. The fourth-order valence-electron chi connectivity index (χ4n) is 1.34. The molecular weight excluding hydrogens is 268 g/mol. The van der Waals surface area contributed by atoms with E-state index in [4.69, 9.17) is 17.4 Å². The zero-order valence-corrected chi connectivity index (χ0v) is 12.0. The molecule has 0 aromatic carbocycles. The van der Waals surface area contributed by atoms with Crippen LogP contribution in [0.1, 0.15) is 27.2 Å². The van der Waals surface area contributed by atoms with Crippen LogP contribution in [0.15, 0.2) is 6.20 Å². The second-order valence-electron chi connectivity index (χ2n) is 5.01. The Morgan fingerprint density at radius 2 is 2.16 bits per heavy atom. The number of halogens is 1. The summed E-state index contributed by atoms with van der Waals surface area (Å²) in [6.45, 7) is 6.21. The third kappa shape index (κ3) is 5.71. The Bertz CT molecular complexity index is 445. The Morgan fingerprint density at radius 3 is 2.74 bits per heavy atom. The van der Waals surface area contributed by atoms with Crippen molar-refractivity contribution in [1.29, 1.82) is 0 Å². The first-order valence-electron chi connectivity index (χ1n) is 5.86. The molecule has 8 heteroatoms. The highest BCUT2D eigenvalue weighted by Crippen LogP contribution is 2.18. The van der Waals surface area contributed by atoms with Crippen molar-refractivity contribution < 1.29 is 4.79 Å². The maximum atomic E-state index is 11.6. The number of nitrogens with zero attached hydrogens (tertiary/aromatic N) is 2. The van der Waals surface area contributed by atoms with Crippen molar-refractivity contribution in [1.82, 2.24) is 15.3 Å². The fourth-order valence-corrected chi connectivity index (χ4v) is 1.49. The van der Waals surface area contributed by atoms with Gasteiger partial charge in [0.05, 0.1) is 6.20 Å². The molecule has 1 heterocycles. The van der Waals surface area contributed by atoms with E-state index in [0.29, 0.717) is 23.8 Å². The van der Waals surface area contributed by atoms with Crippen LogP contribution in [0.5, 0.6) is 0 Å². The summed E-state index contributed by atoms with van der Waals surface area (Å²) >= 11 is 5.92. The van der Waals surface area contributed by atoms with Crippen molar-refractivity contribution in [2.45, 2.75) is 32.7 Å². The van der Waals surface area contributed by atoms with Gasteiger partial charge in [-0.1, -0.05) is 11.6 Å². The van der Waals surface area contributed by atoms with Crippen molar-refractivity contribution in [3.05, 3.63) is 11.2 Å². The summed E-state index contributed by atoms with van der Waals surface area (Å²) in [5.41, 5.74) is 2.09. The van der Waals surface area contributed by atoms with E-state index >= 15 is 0 Å². The van der Waals surface area contributed by atoms with Gasteiger partial charge in [0.1, 0.15) is 5.02 Å². The topological polar surface area (TPSA) is 105 Å². The van der Waals surface area contributed by atoms with Crippen LogP contribution in [0.3, 0.4) is 0 Å². The van der Waals surface area contributed by atoms with E-state index in [9.17, 15) is 4.79 Å². The van der Waals surface area contributed by atoms with Gasteiger partial charge in [0.15, 0.2) is 5.82 Å². The lowest BCUT2D eigenvalue weighted by atomic mass is 10.1. The van der Waals surface area contributed by atoms with Crippen molar-refractivity contribution in [3.8, 4) is 0 Å². The van der Waals surface area contributed by atoms with Crippen molar-refractivity contribution in [3.63, 3.8) is 0 Å². The van der Waals surface area contributed by atoms with E-state index in [0.717, 1.165) is 0 Å². The smallest absolute Gasteiger partial charge is 0.239 e. The second kappa shape index (κ2) is 6.53. The first-order valence-corrected chi connectivity index (χ1v) is 6.23. The first kappa shape index (κ1) is 15.5. The van der Waals surface area contributed by atoms with Crippen LogP contribution >= 0.6 is 11.6 Å². The number of amides is 1. The quantitative estimate of drug-likeness (QED) is 0.478. The molecule has 0 saturated heterocycles. The number of nitrogens with one attached hydrogen (secondary N) is 3. The number of hydrogen-bond donors (Lipinski definition) is 4. The zero-order chi connectivity index (χ0) is 14.5. The van der Waals surface area contributed by atoms with Gasteiger partial charge in [-0.2, -0.15) is 4.98 Å². The van der Waals surface area contributed by atoms with Gasteiger partial charge in [0.25, 0.3) is 0 Å². The van der Waals surface area contributed by atoms with Crippen LogP contribution in [0.2, 0.25) is 5.02 Å². The summed E-state index contributed by atoms with van der Waals surface area (Å²) in [6, 6.07) is 0. The maximum absolute atomic E-state index is 11.6. The molecule has 7 nitrogen and oxygen atoms in total. The van der Waals surface area contributed by atoms with E-state index < -0.39 is 0 Å². The molecule has 1 amide bonds. The minimum absolute atomic E-state index is 0.0395. The van der Waals surface area contributed by atoms with Crippen molar-refractivity contribution in [2.24, 2.45) is 5.84 Å². The summed E-state index contributed by atoms with van der Waals surface area (Å²) in [7, 11) is 0. The van der Waals surface area contributed by atoms with E-state index in [1.54, 1.807) is 0 Å². The molecule has 5 N–H and O–H groups in total. The second-order valence-corrected chi connectivity index (χ2v) is 5.42. The average Bonchev–Trinajstić information content (AvgIpc) is 2.29. The Kier molecular flexibility index (Phi) is 5.31. The van der Waals surface area contributed by atoms with Crippen molar-refractivity contribution >= 4 is 29.3 Å². The summed E-state index contributed by atoms with van der Waals surface area (Å²) in [5.74, 6) is 5.86. The highest BCUT2D eigenvalue weighted by Gasteiger charge is 2.13. The zero-order valence-electron chi connectivity index (χ0n) is 11.2. The van der Waals surface area contributed by atoms with Gasteiger partial charge in [-0.05, 0) is 20.8 Å². The number of carbonyl (C=O) groups is 1. The third-order valence-corrected chi connectivity index (χ3v) is 2.31. The maximum Gasteiger partial charge on any atom is 0.239 e. The summed E-state index contributed by atoms with van der Waals surface area (Å²) in [5, 5.41) is 6.20. The molecule has 106 valence electrons. The van der Waals surface area contributed by atoms with Gasteiger partial charge in [-0.25, -0.2) is 10.8 Å². The summed E-state index contributed by atoms with van der Waals surface area (Å²) in [4.78, 5) is 19.5. The monoisotopic (exact) mass is 286 g/mol. The molecular formula is C11H19ClN6O. The molecule has 0 aliphatic rings. The Hall–Kier alpha value is -1.60. The van der Waals surface area contributed by atoms with Gasteiger partial charge in [-0.15, -0.1) is 0 Å². The lowest BCUT2D eigenvalue weighted by molar-refractivity contribution is -0.122. The van der Waals surface area contributed by atoms with E-state index in [-0.39, 0.29) is 17.4 Å². The number of nitrogens with two attached hydrogens (primary N) is 1. The number of anilines is 2. The molecule has 1 rings (SSSR count). The molecule has 0 aliphatic heterocycles. The number of hydrazine groups is 1. The lowest BCUT2D eigenvalue weighted by Crippen LogP contribution is -2.41. The highest BCUT2D eigenvalue weighted by molar-refractivity contribution is 6.32. The Balaban J connectivity index is 2.47. The number of hydrogen-bond acceptors (Lipinski definition) is 6. The van der Waals surface area contributed by atoms with E-state index in [1.165, 1.54) is 6.20 Å².